The summed E-state index contributed by atoms with van der Waals surface area (Å²) in [7, 11) is 0. The number of halogens is 5. The summed E-state index contributed by atoms with van der Waals surface area (Å²) in [6.45, 7) is 1.87. The van der Waals surface area contributed by atoms with Crippen LogP contribution >= 0.6 is 23.2 Å². The number of carbonyl (C=O) groups is 4. The van der Waals surface area contributed by atoms with Crippen LogP contribution in [0.15, 0.2) is 90.6 Å². The number of carbonyl (C=O) groups excluding carboxylic acids is 4. The molecule has 0 bridgehead atoms. The summed E-state index contributed by atoms with van der Waals surface area (Å²) in [4.78, 5) is 74.3. The number of nitrogens with one attached hydrogen (secondary N) is 1. The number of anilines is 2. The number of pyridine rings is 1. The molecule has 2 N–H and O–H groups in total. The highest BCUT2D eigenvalue weighted by atomic mass is 35.5. The van der Waals surface area contributed by atoms with Crippen LogP contribution in [-0.4, -0.2) is 50.3 Å². The maximum Gasteiger partial charge on any atom is 0.417 e. The number of non-ortho nitro benzene ring substituents is 1. The van der Waals surface area contributed by atoms with Gasteiger partial charge in [0.05, 0.1) is 51.0 Å². The summed E-state index contributed by atoms with van der Waals surface area (Å²) in [6.07, 6.45) is -2.67. The molecule has 3 fully saturated rings. The number of aromatic hydroxyl groups is 1. The van der Waals surface area contributed by atoms with Crippen molar-refractivity contribution in [1.82, 2.24) is 9.99 Å². The molecule has 0 radical (unpaired) electrons. The summed E-state index contributed by atoms with van der Waals surface area (Å²) in [5, 5.41) is 23.7. The minimum atomic E-state index is -4.79. The van der Waals surface area contributed by atoms with Crippen LogP contribution in [-0.2, 0) is 30.8 Å². The van der Waals surface area contributed by atoms with Crippen molar-refractivity contribution in [2.75, 3.05) is 16.9 Å². The average molecular weight is 837 g/mol. The van der Waals surface area contributed by atoms with E-state index in [1.54, 1.807) is 37.3 Å². The Morgan fingerprint density at radius 3 is 2.34 bits per heavy atom. The van der Waals surface area contributed by atoms with Crippen LogP contribution in [0.25, 0.3) is 0 Å². The number of nitro benzene ring substituents is 1. The number of rotatable bonds is 8. The lowest BCUT2D eigenvalue weighted by molar-refractivity contribution is -0.384. The van der Waals surface area contributed by atoms with Gasteiger partial charge in [-0.25, -0.2) is 4.98 Å². The smallest absolute Gasteiger partial charge is 0.417 e. The molecule has 2 saturated heterocycles. The standard InChI is InChI=1S/C40H30Cl2F3N5O8/c1-2-58-30-5-3-4-26(33(30)51)32-24-14-15-25-31(37(54)48(35(25)52)22-10-12-23(13-11-22)50(56)57)27(24)17-28-36(53)49(38(55)39(28,32)19-6-8-21(41)9-7-19)47-34-29(42)16-20(18-46-34)40(43,44)45/h3-14,16,18,25,27-28,31-32,51H,2,15,17H2,1H3,(H,46,47)/t25-,27+,28-,31-,32+,39+/m0/s1. The van der Waals surface area contributed by atoms with Crippen LogP contribution in [0, 0.1) is 33.8 Å². The number of hydrazine groups is 1. The quantitative estimate of drug-likeness (QED) is 0.0779. The Labute approximate surface area is 337 Å². The van der Waals surface area contributed by atoms with E-state index in [2.05, 4.69) is 10.4 Å². The van der Waals surface area contributed by atoms with Gasteiger partial charge >= 0.3 is 6.18 Å². The Balaban J connectivity index is 1.31. The minimum Gasteiger partial charge on any atom is -0.504 e. The second kappa shape index (κ2) is 14.1. The van der Waals surface area contributed by atoms with Gasteiger partial charge in [0, 0.05) is 34.8 Å². The molecular weight excluding hydrogens is 806 g/mol. The van der Waals surface area contributed by atoms with Gasteiger partial charge in [-0.15, -0.1) is 0 Å². The highest BCUT2D eigenvalue weighted by molar-refractivity contribution is 6.33. The molecule has 0 unspecified atom stereocenters. The third kappa shape index (κ3) is 5.87. The zero-order valence-corrected chi connectivity index (χ0v) is 31.6. The van der Waals surface area contributed by atoms with Crippen LogP contribution in [0.1, 0.15) is 42.4 Å². The lowest BCUT2D eigenvalue weighted by Crippen LogP contribution is -2.53. The van der Waals surface area contributed by atoms with Crippen molar-refractivity contribution < 1.29 is 47.1 Å². The largest absolute Gasteiger partial charge is 0.504 e. The Morgan fingerprint density at radius 1 is 1.00 bits per heavy atom. The number of nitrogens with zero attached hydrogens (tertiary/aromatic N) is 4. The number of phenols is 1. The number of phenolic OH excluding ortho intramolecular Hbond substituents is 1. The summed E-state index contributed by atoms with van der Waals surface area (Å²) < 4.78 is 46.3. The summed E-state index contributed by atoms with van der Waals surface area (Å²) in [5.74, 6) is -8.91. The van der Waals surface area contributed by atoms with Crippen molar-refractivity contribution in [3.05, 3.63) is 127 Å². The molecule has 4 aromatic rings. The predicted molar refractivity (Wildman–Crippen MR) is 202 cm³/mol. The zero-order chi connectivity index (χ0) is 41.4. The average Bonchev–Trinajstić information content (AvgIpc) is 3.57. The highest BCUT2D eigenvalue weighted by Crippen LogP contribution is 2.65. The lowest BCUT2D eigenvalue weighted by atomic mass is 9.49. The van der Waals surface area contributed by atoms with E-state index < -0.39 is 86.1 Å². The molecule has 4 aliphatic rings. The van der Waals surface area contributed by atoms with Crippen LogP contribution in [0.4, 0.5) is 30.4 Å². The molecule has 3 heterocycles. The van der Waals surface area contributed by atoms with Gasteiger partial charge < -0.3 is 9.84 Å². The van der Waals surface area contributed by atoms with Crippen molar-refractivity contribution in [2.24, 2.45) is 23.7 Å². The first-order chi connectivity index (χ1) is 27.6. The normalized spacial score (nSPS) is 25.3. The Kier molecular flexibility index (Phi) is 9.46. The number of imide groups is 2. The van der Waals surface area contributed by atoms with Crippen molar-refractivity contribution in [3.63, 3.8) is 0 Å². The first-order valence-corrected chi connectivity index (χ1v) is 18.8. The van der Waals surface area contributed by atoms with Gasteiger partial charge in [-0.1, -0.05) is 59.1 Å². The van der Waals surface area contributed by atoms with E-state index in [-0.39, 0.29) is 47.9 Å². The molecule has 6 atom stereocenters. The number of aromatic nitrogens is 1. The second-order valence-electron chi connectivity index (χ2n) is 14.3. The van der Waals surface area contributed by atoms with Gasteiger partial charge in [-0.2, -0.15) is 18.2 Å². The van der Waals surface area contributed by atoms with E-state index in [1.165, 1.54) is 42.5 Å². The molecule has 1 saturated carbocycles. The van der Waals surface area contributed by atoms with Gasteiger partial charge in [0.1, 0.15) is 0 Å². The second-order valence-corrected chi connectivity index (χ2v) is 15.2. The van der Waals surface area contributed by atoms with Gasteiger partial charge in [0.25, 0.3) is 17.5 Å². The maximum absolute atomic E-state index is 15.4. The molecular formula is C40H30Cl2F3N5O8. The van der Waals surface area contributed by atoms with Gasteiger partial charge in [-0.05, 0) is 67.6 Å². The number of alkyl halides is 3. The highest BCUT2D eigenvalue weighted by Gasteiger charge is 2.71. The SMILES string of the molecule is CCOc1cccc([C@H]2C3=CC[C@@H]4C(=O)N(c5ccc([N+](=O)[O-])cc5)C(=O)[C@@H]4[C@@H]3C[C@H]3C(=O)N(Nc4ncc(C(F)(F)F)cc4Cl)C(=O)[C@@]23c2ccc(Cl)cc2)c1O. The van der Waals surface area contributed by atoms with Crippen LogP contribution in [0.5, 0.6) is 11.5 Å². The fraction of sp³-hybridized carbons (Fsp3) is 0.275. The monoisotopic (exact) mass is 835 g/mol. The number of benzene rings is 3. The molecule has 1 aromatic heterocycles. The number of allylic oxidation sites excluding steroid dienone is 2. The Hall–Kier alpha value is -6.00. The molecule has 58 heavy (non-hydrogen) atoms. The van der Waals surface area contributed by atoms with Crippen LogP contribution in [0.3, 0.4) is 0 Å². The topological polar surface area (TPSA) is 172 Å². The van der Waals surface area contributed by atoms with Crippen molar-refractivity contribution in [2.45, 2.75) is 37.3 Å². The van der Waals surface area contributed by atoms with Crippen molar-refractivity contribution in [3.8, 4) is 11.5 Å². The summed E-state index contributed by atoms with van der Waals surface area (Å²) >= 11 is 12.6. The first-order valence-electron chi connectivity index (χ1n) is 18.0. The van der Waals surface area contributed by atoms with E-state index in [0.29, 0.717) is 33.4 Å². The zero-order valence-electron chi connectivity index (χ0n) is 30.1. The van der Waals surface area contributed by atoms with Crippen LogP contribution in [0.2, 0.25) is 10.0 Å². The first kappa shape index (κ1) is 38.9. The van der Waals surface area contributed by atoms with Crippen molar-refractivity contribution in [1.29, 1.82) is 0 Å². The molecule has 4 amide bonds. The lowest BCUT2D eigenvalue weighted by Gasteiger charge is -2.50. The maximum atomic E-state index is 15.4. The third-order valence-electron chi connectivity index (χ3n) is 11.5. The summed E-state index contributed by atoms with van der Waals surface area (Å²) in [5.41, 5.74) is 0.319. The van der Waals surface area contributed by atoms with Crippen LogP contribution < -0.4 is 15.1 Å². The minimum absolute atomic E-state index is 0.0313. The number of para-hydroxylation sites is 1. The number of amides is 4. The number of hydrogen-bond acceptors (Lipinski definition) is 10. The Morgan fingerprint density at radius 2 is 1.71 bits per heavy atom. The molecule has 8 rings (SSSR count). The predicted octanol–water partition coefficient (Wildman–Crippen LogP) is 7.61. The molecule has 0 spiro atoms. The van der Waals surface area contributed by atoms with Crippen molar-refractivity contribution >= 4 is 64.0 Å². The van der Waals surface area contributed by atoms with E-state index in [4.69, 9.17) is 27.9 Å². The molecule has 3 aromatic carbocycles. The van der Waals surface area contributed by atoms with E-state index in [9.17, 15) is 42.8 Å². The Bertz CT molecular complexity index is 2450. The van der Waals surface area contributed by atoms with Gasteiger partial charge in [0.2, 0.25) is 11.8 Å². The molecule has 2 aliphatic heterocycles. The van der Waals surface area contributed by atoms with Gasteiger partial charge in [-0.3, -0.25) is 39.6 Å². The number of ether oxygens (including phenoxy) is 1. The number of nitro groups is 1. The van der Waals surface area contributed by atoms with E-state index >= 15 is 4.79 Å². The number of hydrogen-bond donors (Lipinski definition) is 2. The molecule has 2 aliphatic carbocycles. The molecule has 298 valence electrons. The fourth-order valence-electron chi connectivity index (χ4n) is 9.15. The van der Waals surface area contributed by atoms with E-state index in [0.717, 1.165) is 4.90 Å². The molecule has 18 heteroatoms. The van der Waals surface area contributed by atoms with Gasteiger partial charge in [0.15, 0.2) is 17.3 Å². The summed E-state index contributed by atoms with van der Waals surface area (Å²) in [6, 6.07) is 16.4. The third-order valence-corrected chi connectivity index (χ3v) is 12.1. The number of fused-ring (bicyclic) bond motifs is 4. The fourth-order valence-corrected chi connectivity index (χ4v) is 9.48. The molecule has 13 nitrogen and oxygen atoms in total. The van der Waals surface area contributed by atoms with E-state index in [1.807, 2.05) is 0 Å².